The van der Waals surface area contributed by atoms with Crippen LogP contribution in [0.5, 0.6) is 0 Å². The van der Waals surface area contributed by atoms with Crippen molar-refractivity contribution in [1.82, 2.24) is 10.2 Å². The monoisotopic (exact) mass is 285 g/mol. The molecule has 0 atom stereocenters. The number of nitrogens with zero attached hydrogens (tertiary/aromatic N) is 2. The molecule has 0 unspecified atom stereocenters. The lowest BCUT2D eigenvalue weighted by Crippen LogP contribution is -2.31. The third kappa shape index (κ3) is 8.50. The van der Waals surface area contributed by atoms with Crippen molar-refractivity contribution in [2.24, 2.45) is 11.8 Å². The molecular weight excluding hydrogens is 262 g/mol. The minimum atomic E-state index is -0.360. The van der Waals surface area contributed by atoms with Gasteiger partial charge in [-0.25, -0.2) is 0 Å². The molecular formula is C14H24ClN3O. The summed E-state index contributed by atoms with van der Waals surface area (Å²) in [5, 5.41) is 11.7. The number of carbonyl (C=O) groups excluding carboxylic acids is 1. The van der Waals surface area contributed by atoms with E-state index in [4.69, 9.17) is 16.9 Å². The quantitative estimate of drug-likeness (QED) is 0.423. The van der Waals surface area contributed by atoms with Gasteiger partial charge in [-0.3, -0.25) is 4.79 Å². The van der Waals surface area contributed by atoms with Crippen LogP contribution < -0.4 is 5.32 Å². The summed E-state index contributed by atoms with van der Waals surface area (Å²) >= 11 is 5.51. The van der Waals surface area contributed by atoms with Crippen molar-refractivity contribution in [3.8, 4) is 6.07 Å². The van der Waals surface area contributed by atoms with Crippen LogP contribution in [0.1, 0.15) is 27.7 Å². The second-order valence-electron chi connectivity index (χ2n) is 5.34. The van der Waals surface area contributed by atoms with Gasteiger partial charge in [0.05, 0.1) is 0 Å². The average molecular weight is 286 g/mol. The topological polar surface area (TPSA) is 56.1 Å². The first-order chi connectivity index (χ1) is 8.90. The Bertz CT molecular complexity index is 335. The van der Waals surface area contributed by atoms with E-state index < -0.39 is 0 Å². The molecule has 0 spiro atoms. The third-order valence-electron chi connectivity index (χ3n) is 2.26. The molecule has 0 bridgehead atoms. The van der Waals surface area contributed by atoms with Crippen LogP contribution in [0.25, 0.3) is 0 Å². The van der Waals surface area contributed by atoms with Crippen molar-refractivity contribution in [3.63, 3.8) is 0 Å². The first-order valence-electron chi connectivity index (χ1n) is 6.60. The molecule has 0 aromatic heterocycles. The summed E-state index contributed by atoms with van der Waals surface area (Å²) in [6, 6.07) is 1.95. The highest BCUT2D eigenvalue weighted by Crippen LogP contribution is 2.07. The molecule has 5 heteroatoms. The lowest BCUT2D eigenvalue weighted by molar-refractivity contribution is -0.117. The van der Waals surface area contributed by atoms with Gasteiger partial charge in [0.2, 0.25) is 0 Å². The summed E-state index contributed by atoms with van der Waals surface area (Å²) < 4.78 is 0. The minimum absolute atomic E-state index is 0.131. The molecule has 0 fully saturated rings. The predicted octanol–water partition coefficient (Wildman–Crippen LogP) is 2.36. The van der Waals surface area contributed by atoms with Crippen LogP contribution in [-0.4, -0.2) is 36.3 Å². The molecule has 0 saturated carbocycles. The van der Waals surface area contributed by atoms with Crippen LogP contribution in [0, 0.1) is 23.2 Å². The van der Waals surface area contributed by atoms with E-state index in [1.807, 2.05) is 11.0 Å². The Labute approximate surface area is 121 Å². The summed E-state index contributed by atoms with van der Waals surface area (Å²) in [6.45, 7) is 10.5. The Balaban J connectivity index is 4.83. The summed E-state index contributed by atoms with van der Waals surface area (Å²) in [7, 11) is 0. The number of halogens is 1. The van der Waals surface area contributed by atoms with Gasteiger partial charge in [-0.05, 0) is 11.8 Å². The van der Waals surface area contributed by atoms with Gasteiger partial charge >= 0.3 is 0 Å². The van der Waals surface area contributed by atoms with Crippen molar-refractivity contribution < 1.29 is 4.79 Å². The number of carbonyl (C=O) groups is 1. The minimum Gasteiger partial charge on any atom is -0.376 e. The van der Waals surface area contributed by atoms with E-state index in [1.54, 1.807) is 6.20 Å². The third-order valence-corrected chi connectivity index (χ3v) is 2.45. The molecule has 108 valence electrons. The van der Waals surface area contributed by atoms with Crippen LogP contribution in [-0.2, 0) is 4.79 Å². The van der Waals surface area contributed by atoms with Gasteiger partial charge in [-0.2, -0.15) is 5.26 Å². The smallest absolute Gasteiger partial charge is 0.263 e. The number of alkyl halides is 1. The fourth-order valence-corrected chi connectivity index (χ4v) is 1.79. The molecule has 0 aliphatic heterocycles. The SMILES string of the molecule is CC(C)CN(/C=C(/C#N)C(=O)NCCCl)CC(C)C. The van der Waals surface area contributed by atoms with Crippen molar-refractivity contribution in [2.75, 3.05) is 25.5 Å². The van der Waals surface area contributed by atoms with E-state index >= 15 is 0 Å². The van der Waals surface area contributed by atoms with Crippen LogP contribution in [0.15, 0.2) is 11.8 Å². The van der Waals surface area contributed by atoms with Gasteiger partial charge in [0.1, 0.15) is 11.6 Å². The van der Waals surface area contributed by atoms with E-state index in [-0.39, 0.29) is 11.5 Å². The normalized spacial score (nSPS) is 11.6. The van der Waals surface area contributed by atoms with Gasteiger partial charge in [0, 0.05) is 31.7 Å². The second kappa shape index (κ2) is 9.69. The largest absolute Gasteiger partial charge is 0.376 e. The number of hydrogen-bond donors (Lipinski definition) is 1. The molecule has 4 nitrogen and oxygen atoms in total. The molecule has 0 rings (SSSR count). The van der Waals surface area contributed by atoms with E-state index in [2.05, 4.69) is 33.0 Å². The van der Waals surface area contributed by atoms with Crippen molar-refractivity contribution in [1.29, 1.82) is 5.26 Å². The Hall–Kier alpha value is -1.21. The van der Waals surface area contributed by atoms with Crippen LogP contribution in [0.2, 0.25) is 0 Å². The van der Waals surface area contributed by atoms with Crippen LogP contribution in [0.4, 0.5) is 0 Å². The summed E-state index contributed by atoms with van der Waals surface area (Å²) in [6.07, 6.45) is 1.66. The van der Waals surface area contributed by atoms with E-state index in [1.165, 1.54) is 0 Å². The van der Waals surface area contributed by atoms with E-state index in [9.17, 15) is 4.79 Å². The molecule has 0 aromatic rings. The number of hydrogen-bond acceptors (Lipinski definition) is 3. The van der Waals surface area contributed by atoms with Gasteiger partial charge in [0.15, 0.2) is 0 Å². The van der Waals surface area contributed by atoms with Crippen LogP contribution >= 0.6 is 11.6 Å². The summed E-state index contributed by atoms with van der Waals surface area (Å²) in [4.78, 5) is 13.8. The maximum Gasteiger partial charge on any atom is 0.263 e. The zero-order valence-corrected chi connectivity index (χ0v) is 13.0. The summed E-state index contributed by atoms with van der Waals surface area (Å²) in [5.74, 6) is 0.925. The van der Waals surface area contributed by atoms with Gasteiger partial charge in [-0.1, -0.05) is 27.7 Å². The Morgan fingerprint density at radius 1 is 1.32 bits per heavy atom. The zero-order valence-electron chi connectivity index (χ0n) is 12.2. The molecule has 0 aromatic carbocycles. The molecule has 0 radical (unpaired) electrons. The van der Waals surface area contributed by atoms with Crippen molar-refractivity contribution in [2.45, 2.75) is 27.7 Å². The van der Waals surface area contributed by atoms with Gasteiger partial charge < -0.3 is 10.2 Å². The maximum atomic E-state index is 11.8. The summed E-state index contributed by atoms with van der Waals surface area (Å²) in [5.41, 5.74) is 0.131. The number of nitriles is 1. The Morgan fingerprint density at radius 2 is 1.84 bits per heavy atom. The molecule has 19 heavy (non-hydrogen) atoms. The second-order valence-corrected chi connectivity index (χ2v) is 5.72. The predicted molar refractivity (Wildman–Crippen MR) is 78.7 cm³/mol. The standard InChI is InChI=1S/C14H24ClN3O/c1-11(2)8-18(9-12(3)4)10-13(7-16)14(19)17-6-5-15/h10-12H,5-6,8-9H2,1-4H3,(H,17,19)/b13-10-. The molecule has 0 aliphatic carbocycles. The molecule has 0 aliphatic rings. The molecule has 1 amide bonds. The van der Waals surface area contributed by atoms with Gasteiger partial charge in [-0.15, -0.1) is 11.6 Å². The fraction of sp³-hybridized carbons (Fsp3) is 0.714. The lowest BCUT2D eigenvalue weighted by Gasteiger charge is -2.24. The lowest BCUT2D eigenvalue weighted by atomic mass is 10.1. The molecule has 0 heterocycles. The van der Waals surface area contributed by atoms with Crippen molar-refractivity contribution in [3.05, 3.63) is 11.8 Å². The van der Waals surface area contributed by atoms with E-state index in [0.717, 1.165) is 13.1 Å². The van der Waals surface area contributed by atoms with Gasteiger partial charge in [0.25, 0.3) is 5.91 Å². The number of amides is 1. The first-order valence-corrected chi connectivity index (χ1v) is 7.14. The zero-order chi connectivity index (χ0) is 14.8. The fourth-order valence-electron chi connectivity index (χ4n) is 1.69. The first kappa shape index (κ1) is 17.8. The average Bonchev–Trinajstić information content (AvgIpc) is 2.31. The highest BCUT2D eigenvalue weighted by Gasteiger charge is 2.12. The van der Waals surface area contributed by atoms with E-state index in [0.29, 0.717) is 24.3 Å². The maximum absolute atomic E-state index is 11.8. The Morgan fingerprint density at radius 3 is 2.21 bits per heavy atom. The Kier molecular flexibility index (Phi) is 9.07. The van der Waals surface area contributed by atoms with Crippen molar-refractivity contribution >= 4 is 17.5 Å². The number of rotatable bonds is 8. The highest BCUT2D eigenvalue weighted by molar-refractivity contribution is 6.18. The molecule has 1 N–H and O–H groups in total. The highest BCUT2D eigenvalue weighted by atomic mass is 35.5. The molecule has 0 saturated heterocycles. The van der Waals surface area contributed by atoms with Crippen LogP contribution in [0.3, 0.4) is 0 Å². The number of nitrogens with one attached hydrogen (secondary N) is 1.